The van der Waals surface area contributed by atoms with E-state index in [2.05, 4.69) is 300 Å². The maximum Gasteiger partial charge on any atom is 0.164 e. The smallest absolute Gasteiger partial charge is 0.164 e. The molecule has 0 aliphatic heterocycles. The van der Waals surface area contributed by atoms with Crippen LogP contribution in [0.3, 0.4) is 0 Å². The molecule has 0 saturated carbocycles. The van der Waals surface area contributed by atoms with Gasteiger partial charge in [-0.2, -0.15) is 0 Å². The Balaban J connectivity index is 0.642. The summed E-state index contributed by atoms with van der Waals surface area (Å²) in [5.41, 5.74) is 27.1. The van der Waals surface area contributed by atoms with E-state index >= 15 is 0 Å². The van der Waals surface area contributed by atoms with E-state index in [1.165, 1.54) is 137 Å². The van der Waals surface area contributed by atoms with Crippen molar-refractivity contribution >= 4 is 75.9 Å². The van der Waals surface area contributed by atoms with Crippen molar-refractivity contribution in [2.75, 3.05) is 0 Å². The summed E-state index contributed by atoms with van der Waals surface area (Å²) in [5.74, 6) is 1.85. The largest absolute Gasteiger partial charge is 0.309 e. The van der Waals surface area contributed by atoms with Crippen LogP contribution in [0.5, 0.6) is 0 Å². The summed E-state index contributed by atoms with van der Waals surface area (Å²) in [4.78, 5) is 15.7. The van der Waals surface area contributed by atoms with Gasteiger partial charge in [-0.15, -0.1) is 0 Å². The van der Waals surface area contributed by atoms with Crippen LogP contribution in [0, 0.1) is 0 Å². The maximum absolute atomic E-state index is 5.30. The highest BCUT2D eigenvalue weighted by molar-refractivity contribution is 6.21. The fourth-order valence-corrected chi connectivity index (χ4v) is 15.5. The molecule has 20 rings (SSSR count). The minimum Gasteiger partial charge on any atom is -0.309 e. The first-order valence-corrected chi connectivity index (χ1v) is 31.6. The number of benzene rings is 15. The molecule has 3 aromatic heterocycles. The van der Waals surface area contributed by atoms with Crippen LogP contribution in [0.1, 0.15) is 0 Å². The van der Waals surface area contributed by atoms with Crippen LogP contribution >= 0.6 is 0 Å². The molecule has 15 aromatic carbocycles. The Hall–Kier alpha value is -12.3. The molecule has 0 saturated heterocycles. The monoisotopic (exact) mass is 1170 g/mol. The van der Waals surface area contributed by atoms with Gasteiger partial charge in [-0.05, 0) is 184 Å². The van der Waals surface area contributed by atoms with Gasteiger partial charge in [-0.25, -0.2) is 15.0 Å². The van der Waals surface area contributed by atoms with Crippen LogP contribution in [0.4, 0.5) is 0 Å². The van der Waals surface area contributed by atoms with Gasteiger partial charge in [0.25, 0.3) is 0 Å². The van der Waals surface area contributed by atoms with Crippen molar-refractivity contribution in [1.82, 2.24) is 24.1 Å². The van der Waals surface area contributed by atoms with E-state index in [0.29, 0.717) is 17.5 Å². The first-order chi connectivity index (χ1) is 45.6. The molecule has 5 nitrogen and oxygen atoms in total. The zero-order valence-corrected chi connectivity index (χ0v) is 49.7. The molecule has 0 N–H and O–H groups in total. The standard InChI is InChI=1S/C87H51N5/c1-2-17-53(18-3-1)85-88-86(54-34-39-60(40-35-54)91-79-31-10-8-25-67(79)77-51-58(38-47-81(77)91)62-42-44-73-65-24-7-6-23-64(65)71-29-14-28-70(62)83(71)73)90-87(89-85)59-21-12-20-57(48-59)61-43-45-74-75-49-55(36-41-66(75)72-30-15-27-69(61)84(72)74)56-37-46-82-76(50-56)68-26-9-11-32-80(68)92(82)78-33-13-19-52-16-4-5-22-63(52)78/h1-51H. The summed E-state index contributed by atoms with van der Waals surface area (Å²) < 4.78 is 4.82. The van der Waals surface area contributed by atoms with Crippen molar-refractivity contribution in [3.05, 3.63) is 309 Å². The molecule has 2 aliphatic carbocycles. The molecule has 424 valence electrons. The van der Waals surface area contributed by atoms with E-state index in [-0.39, 0.29) is 0 Å². The maximum atomic E-state index is 5.30. The Morgan fingerprint density at radius 1 is 0.196 bits per heavy atom. The summed E-state index contributed by atoms with van der Waals surface area (Å²) in [6, 6.07) is 113. The van der Waals surface area contributed by atoms with Crippen molar-refractivity contribution in [2.24, 2.45) is 0 Å². The minimum atomic E-state index is 0.612. The molecule has 92 heavy (non-hydrogen) atoms. The summed E-state index contributed by atoms with van der Waals surface area (Å²) in [5, 5.41) is 12.5. The predicted octanol–water partition coefficient (Wildman–Crippen LogP) is 22.8. The van der Waals surface area contributed by atoms with Crippen LogP contribution in [0.25, 0.3) is 199 Å². The van der Waals surface area contributed by atoms with Gasteiger partial charge in [-0.1, -0.05) is 231 Å². The molecule has 0 spiro atoms. The Bertz CT molecular complexity index is 6150. The number of hydrogen-bond acceptors (Lipinski definition) is 3. The summed E-state index contributed by atoms with van der Waals surface area (Å²) in [6.07, 6.45) is 0. The molecular weight excluding hydrogens is 1110 g/mol. The second-order valence-electron chi connectivity index (χ2n) is 24.6. The van der Waals surface area contributed by atoms with Crippen molar-refractivity contribution in [3.63, 3.8) is 0 Å². The third-order valence-electron chi connectivity index (χ3n) is 19.7. The Morgan fingerprint density at radius 2 is 0.598 bits per heavy atom. The van der Waals surface area contributed by atoms with Gasteiger partial charge in [0.2, 0.25) is 0 Å². The normalized spacial score (nSPS) is 12.1. The summed E-state index contributed by atoms with van der Waals surface area (Å²) in [6.45, 7) is 0. The lowest BCUT2D eigenvalue weighted by Crippen LogP contribution is -2.00. The van der Waals surface area contributed by atoms with Gasteiger partial charge in [-0.3, -0.25) is 0 Å². The Labute approximate surface area is 529 Å². The molecule has 2 aliphatic rings. The highest BCUT2D eigenvalue weighted by Gasteiger charge is 2.27. The van der Waals surface area contributed by atoms with Crippen LogP contribution in [0.15, 0.2) is 309 Å². The molecule has 5 heteroatoms. The highest BCUT2D eigenvalue weighted by Crippen LogP contribution is 2.52. The van der Waals surface area contributed by atoms with Gasteiger partial charge in [0.05, 0.1) is 27.8 Å². The summed E-state index contributed by atoms with van der Waals surface area (Å²) >= 11 is 0. The molecule has 0 atom stereocenters. The van der Waals surface area contributed by atoms with Crippen molar-refractivity contribution < 1.29 is 0 Å². The van der Waals surface area contributed by atoms with Crippen LogP contribution in [-0.2, 0) is 0 Å². The molecular formula is C87H51N5. The molecule has 0 bridgehead atoms. The quantitative estimate of drug-likeness (QED) is 0.152. The molecule has 0 fully saturated rings. The summed E-state index contributed by atoms with van der Waals surface area (Å²) in [7, 11) is 0. The average molecular weight is 1170 g/mol. The first kappa shape index (κ1) is 50.7. The molecule has 0 amide bonds. The second-order valence-corrected chi connectivity index (χ2v) is 24.6. The Kier molecular flexibility index (Phi) is 10.8. The fraction of sp³-hybridized carbons (Fsp3) is 0. The van der Waals surface area contributed by atoms with Crippen LogP contribution < -0.4 is 0 Å². The number of rotatable bonds is 8. The Morgan fingerprint density at radius 3 is 1.30 bits per heavy atom. The van der Waals surface area contributed by atoms with Gasteiger partial charge in [0.15, 0.2) is 17.5 Å². The average Bonchev–Trinajstić information content (AvgIpc) is 1.82. The minimum absolute atomic E-state index is 0.612. The van der Waals surface area contributed by atoms with E-state index in [1.807, 2.05) is 18.2 Å². The van der Waals surface area contributed by atoms with Crippen molar-refractivity contribution in [3.8, 4) is 123 Å². The molecule has 3 heterocycles. The highest BCUT2D eigenvalue weighted by atomic mass is 15.0. The van der Waals surface area contributed by atoms with Crippen LogP contribution in [0.2, 0.25) is 0 Å². The number of fused-ring (bicyclic) bond motifs is 13. The topological polar surface area (TPSA) is 48.5 Å². The van der Waals surface area contributed by atoms with Gasteiger partial charge >= 0.3 is 0 Å². The molecule has 18 aromatic rings. The van der Waals surface area contributed by atoms with Gasteiger partial charge in [0.1, 0.15) is 0 Å². The third kappa shape index (κ3) is 7.51. The zero-order chi connectivity index (χ0) is 60.1. The van der Waals surface area contributed by atoms with E-state index < -0.39 is 0 Å². The SMILES string of the molecule is c1ccc(-c2nc(-c3ccc(-n4c5ccccc5c5cc(-c6ccc7c8c(cccc68)-c6ccccc6-7)ccc54)cc3)nc(-c3cccc(-c4ccc5c6c(cccc46)-c4ccc(-c6ccc7c(c6)c6ccccc6n7-c6cccc7ccccc67)cc4-5)c3)n2)cc1. The van der Waals surface area contributed by atoms with E-state index in [1.54, 1.807) is 0 Å². The van der Waals surface area contributed by atoms with Crippen LogP contribution in [-0.4, -0.2) is 24.1 Å². The first-order valence-electron chi connectivity index (χ1n) is 31.6. The number of para-hydroxylation sites is 2. The lowest BCUT2D eigenvalue weighted by atomic mass is 9.93. The van der Waals surface area contributed by atoms with E-state index in [9.17, 15) is 0 Å². The van der Waals surface area contributed by atoms with E-state index in [4.69, 9.17) is 15.0 Å². The number of hydrogen-bond donors (Lipinski definition) is 0. The van der Waals surface area contributed by atoms with E-state index in [0.717, 1.165) is 44.5 Å². The second kappa shape index (κ2) is 19.6. The third-order valence-corrected chi connectivity index (χ3v) is 19.7. The zero-order valence-electron chi connectivity index (χ0n) is 49.7. The predicted molar refractivity (Wildman–Crippen MR) is 382 cm³/mol. The van der Waals surface area contributed by atoms with Gasteiger partial charge in [0, 0.05) is 49.3 Å². The lowest BCUT2D eigenvalue weighted by Gasteiger charge is -2.13. The lowest BCUT2D eigenvalue weighted by molar-refractivity contribution is 1.07. The van der Waals surface area contributed by atoms with Gasteiger partial charge < -0.3 is 9.13 Å². The van der Waals surface area contributed by atoms with Crippen molar-refractivity contribution in [2.45, 2.75) is 0 Å². The fourth-order valence-electron chi connectivity index (χ4n) is 15.5. The van der Waals surface area contributed by atoms with Crippen molar-refractivity contribution in [1.29, 1.82) is 0 Å². The number of aromatic nitrogens is 5. The number of nitrogens with zero attached hydrogens (tertiary/aromatic N) is 5. The molecule has 0 radical (unpaired) electrons. The molecule has 0 unspecified atom stereocenters.